The average molecular weight is 327 g/mol. The largest absolute Gasteiger partial charge is 0.311 e. The van der Waals surface area contributed by atoms with Crippen molar-refractivity contribution in [2.75, 3.05) is 5.32 Å². The number of hydrogen-bond acceptors (Lipinski definition) is 2. The zero-order valence-corrected chi connectivity index (χ0v) is 13.6. The Hall–Kier alpha value is -2.17. The first-order valence-electron chi connectivity index (χ1n) is 8.82. The van der Waals surface area contributed by atoms with Crippen molar-refractivity contribution in [3.8, 4) is 0 Å². The highest BCUT2D eigenvalue weighted by molar-refractivity contribution is 5.94. The van der Waals surface area contributed by atoms with Gasteiger partial charge in [-0.05, 0) is 42.9 Å². The Bertz CT molecular complexity index is 736. The molecule has 24 heavy (non-hydrogen) atoms. The molecule has 0 radical (unpaired) electrons. The lowest BCUT2D eigenvalue weighted by Gasteiger charge is -2.23. The predicted octanol–water partition coefficient (Wildman–Crippen LogP) is 4.27. The minimum atomic E-state index is -0.242. The van der Waals surface area contributed by atoms with E-state index in [1.165, 1.54) is 31.4 Å². The van der Waals surface area contributed by atoms with Crippen molar-refractivity contribution in [3.05, 3.63) is 47.9 Å². The van der Waals surface area contributed by atoms with Crippen molar-refractivity contribution in [3.63, 3.8) is 0 Å². The van der Waals surface area contributed by atoms with Crippen LogP contribution in [-0.4, -0.2) is 15.7 Å². The molecule has 4 rings (SSSR count). The van der Waals surface area contributed by atoms with Gasteiger partial charge in [-0.2, -0.15) is 5.10 Å². The van der Waals surface area contributed by atoms with E-state index in [-0.39, 0.29) is 23.6 Å². The molecule has 2 atom stereocenters. The number of rotatable bonds is 4. The summed E-state index contributed by atoms with van der Waals surface area (Å²) in [6.45, 7) is 0. The summed E-state index contributed by atoms with van der Waals surface area (Å²) in [5, 5.41) is 7.45. The Balaban J connectivity index is 1.42. The number of carbonyl (C=O) groups excluding carboxylic acids is 1. The summed E-state index contributed by atoms with van der Waals surface area (Å²) in [6.07, 6.45) is 8.52. The van der Waals surface area contributed by atoms with Gasteiger partial charge in [0.25, 0.3) is 0 Å². The van der Waals surface area contributed by atoms with Gasteiger partial charge in [0.05, 0.1) is 12.2 Å². The molecule has 5 heteroatoms. The maximum Gasteiger partial charge on any atom is 0.229 e. The molecule has 2 aliphatic rings. The summed E-state index contributed by atoms with van der Waals surface area (Å²) in [6, 6.07) is 8.82. The van der Waals surface area contributed by atoms with Crippen molar-refractivity contribution in [2.45, 2.75) is 50.5 Å². The van der Waals surface area contributed by atoms with Gasteiger partial charge in [-0.1, -0.05) is 31.4 Å². The van der Waals surface area contributed by atoms with E-state index in [9.17, 15) is 9.18 Å². The first-order chi connectivity index (χ1) is 11.7. The van der Waals surface area contributed by atoms with Crippen LogP contribution in [0.1, 0.15) is 56.0 Å². The predicted molar refractivity (Wildman–Crippen MR) is 90.2 cm³/mol. The van der Waals surface area contributed by atoms with E-state index in [4.69, 9.17) is 0 Å². The molecule has 126 valence electrons. The van der Waals surface area contributed by atoms with Crippen LogP contribution in [0, 0.1) is 11.7 Å². The third-order valence-electron chi connectivity index (χ3n) is 5.25. The maximum atomic E-state index is 13.3. The van der Waals surface area contributed by atoms with Gasteiger partial charge in [0.2, 0.25) is 5.91 Å². The van der Waals surface area contributed by atoms with Gasteiger partial charge in [-0.3, -0.25) is 4.79 Å². The standard InChI is InChI=1S/C19H22FN3O/c20-14-6-4-5-13(11-14)16-12-17(16)19(24)22-18-9-10-21-23(18)15-7-2-1-3-8-15/h4-6,9-11,15-17H,1-3,7-8,12H2,(H,22,24)/t16-,17-/m1/s1. The lowest BCUT2D eigenvalue weighted by atomic mass is 9.96. The summed E-state index contributed by atoms with van der Waals surface area (Å²) < 4.78 is 15.3. The molecule has 1 N–H and O–H groups in total. The molecule has 0 unspecified atom stereocenters. The zero-order chi connectivity index (χ0) is 16.5. The van der Waals surface area contributed by atoms with Gasteiger partial charge in [0.15, 0.2) is 0 Å². The Labute approximate surface area is 141 Å². The van der Waals surface area contributed by atoms with Crippen LogP contribution in [0.5, 0.6) is 0 Å². The topological polar surface area (TPSA) is 46.9 Å². The van der Waals surface area contributed by atoms with Gasteiger partial charge in [-0.25, -0.2) is 9.07 Å². The highest BCUT2D eigenvalue weighted by Gasteiger charge is 2.44. The van der Waals surface area contributed by atoms with E-state index < -0.39 is 0 Å². The molecule has 2 aromatic rings. The van der Waals surface area contributed by atoms with Crippen molar-refractivity contribution < 1.29 is 9.18 Å². The quantitative estimate of drug-likeness (QED) is 0.911. The fourth-order valence-corrected chi connectivity index (χ4v) is 3.84. The first-order valence-corrected chi connectivity index (χ1v) is 8.82. The number of nitrogens with one attached hydrogen (secondary N) is 1. The molecular weight excluding hydrogens is 305 g/mol. The lowest BCUT2D eigenvalue weighted by Crippen LogP contribution is -2.21. The van der Waals surface area contributed by atoms with Crippen LogP contribution >= 0.6 is 0 Å². The molecule has 2 fully saturated rings. The molecular formula is C19H22FN3O. The molecule has 1 amide bonds. The van der Waals surface area contributed by atoms with Crippen LogP contribution in [-0.2, 0) is 4.79 Å². The Morgan fingerprint density at radius 3 is 2.83 bits per heavy atom. The molecule has 2 saturated carbocycles. The van der Waals surface area contributed by atoms with Crippen molar-refractivity contribution >= 4 is 11.7 Å². The van der Waals surface area contributed by atoms with E-state index in [1.807, 2.05) is 16.8 Å². The molecule has 0 aliphatic heterocycles. The number of benzene rings is 1. The van der Waals surface area contributed by atoms with Crippen LogP contribution in [0.2, 0.25) is 0 Å². The highest BCUT2D eigenvalue weighted by atomic mass is 19.1. The number of hydrogen-bond donors (Lipinski definition) is 1. The van der Waals surface area contributed by atoms with Crippen LogP contribution < -0.4 is 5.32 Å². The molecule has 2 aliphatic carbocycles. The monoisotopic (exact) mass is 327 g/mol. The summed E-state index contributed by atoms with van der Waals surface area (Å²) in [7, 11) is 0. The second-order valence-corrected chi connectivity index (χ2v) is 6.95. The minimum Gasteiger partial charge on any atom is -0.311 e. The van der Waals surface area contributed by atoms with Crippen LogP contribution in [0.3, 0.4) is 0 Å². The molecule has 0 saturated heterocycles. The van der Waals surface area contributed by atoms with Gasteiger partial charge in [-0.15, -0.1) is 0 Å². The Morgan fingerprint density at radius 1 is 1.21 bits per heavy atom. The number of carbonyl (C=O) groups is 1. The van der Waals surface area contributed by atoms with E-state index in [0.717, 1.165) is 30.6 Å². The Kier molecular flexibility index (Phi) is 4.08. The van der Waals surface area contributed by atoms with E-state index >= 15 is 0 Å². The number of halogens is 1. The Morgan fingerprint density at radius 2 is 2.04 bits per heavy atom. The molecule has 0 spiro atoms. The maximum absolute atomic E-state index is 13.3. The van der Waals surface area contributed by atoms with Crippen LogP contribution in [0.25, 0.3) is 0 Å². The van der Waals surface area contributed by atoms with Crippen molar-refractivity contribution in [2.24, 2.45) is 5.92 Å². The van der Waals surface area contributed by atoms with Crippen LogP contribution in [0.15, 0.2) is 36.5 Å². The molecule has 1 aromatic carbocycles. The van der Waals surface area contributed by atoms with Gasteiger partial charge in [0, 0.05) is 12.0 Å². The summed E-state index contributed by atoms with van der Waals surface area (Å²) in [5.41, 5.74) is 0.913. The second kappa shape index (κ2) is 6.38. The van der Waals surface area contributed by atoms with E-state index in [1.54, 1.807) is 12.3 Å². The second-order valence-electron chi connectivity index (χ2n) is 6.95. The number of anilines is 1. The number of amides is 1. The summed E-state index contributed by atoms with van der Waals surface area (Å²) in [5.74, 6) is 0.626. The molecule has 1 heterocycles. The van der Waals surface area contributed by atoms with Gasteiger partial charge >= 0.3 is 0 Å². The molecule has 0 bridgehead atoms. The van der Waals surface area contributed by atoms with Gasteiger partial charge in [0.1, 0.15) is 11.6 Å². The normalized spacial score (nSPS) is 23.9. The van der Waals surface area contributed by atoms with Crippen molar-refractivity contribution in [1.29, 1.82) is 0 Å². The fraction of sp³-hybridized carbons (Fsp3) is 0.474. The number of aromatic nitrogens is 2. The van der Waals surface area contributed by atoms with Crippen molar-refractivity contribution in [1.82, 2.24) is 9.78 Å². The van der Waals surface area contributed by atoms with Crippen LogP contribution in [0.4, 0.5) is 10.2 Å². The smallest absolute Gasteiger partial charge is 0.229 e. The molecule has 1 aromatic heterocycles. The average Bonchev–Trinajstić information content (AvgIpc) is 3.28. The molecule has 4 nitrogen and oxygen atoms in total. The third-order valence-corrected chi connectivity index (χ3v) is 5.25. The third kappa shape index (κ3) is 3.07. The van der Waals surface area contributed by atoms with E-state index in [0.29, 0.717) is 6.04 Å². The first kappa shape index (κ1) is 15.4. The summed E-state index contributed by atoms with van der Waals surface area (Å²) in [4.78, 5) is 12.5. The SMILES string of the molecule is O=C(Nc1ccnn1C1CCCCC1)[C@@H]1C[C@@H]1c1cccc(F)c1. The minimum absolute atomic E-state index is 0.0156. The highest BCUT2D eigenvalue weighted by Crippen LogP contribution is 2.48. The van der Waals surface area contributed by atoms with Gasteiger partial charge < -0.3 is 5.32 Å². The zero-order valence-electron chi connectivity index (χ0n) is 13.6. The lowest BCUT2D eigenvalue weighted by molar-refractivity contribution is -0.117. The summed E-state index contributed by atoms with van der Waals surface area (Å²) >= 11 is 0. The fourth-order valence-electron chi connectivity index (χ4n) is 3.84. The van der Waals surface area contributed by atoms with E-state index in [2.05, 4.69) is 10.4 Å². The number of nitrogens with zero attached hydrogens (tertiary/aromatic N) is 2.